The molecule has 1 aliphatic rings. The van der Waals surface area contributed by atoms with Gasteiger partial charge in [-0.1, -0.05) is 6.42 Å². The lowest BCUT2D eigenvalue weighted by Crippen LogP contribution is -1.95. The molecule has 0 aliphatic heterocycles. The number of nitriles is 1. The second-order valence-electron chi connectivity index (χ2n) is 2.81. The summed E-state index contributed by atoms with van der Waals surface area (Å²) in [6.45, 7) is 0. The van der Waals surface area contributed by atoms with Crippen LogP contribution in [0.5, 0.6) is 0 Å². The monoisotopic (exact) mass is 167 g/mol. The molecule has 0 spiro atoms. The number of thioether (sulfide) groups is 1. The number of rotatable bonds is 1. The second kappa shape index (κ2) is 4.46. The molecule has 60 valence electrons. The largest absolute Gasteiger partial charge is 0.192 e. The van der Waals surface area contributed by atoms with Crippen LogP contribution in [0.1, 0.15) is 32.1 Å². The highest BCUT2D eigenvalue weighted by Crippen LogP contribution is 2.29. The van der Waals surface area contributed by atoms with Gasteiger partial charge in [0.15, 0.2) is 0 Å². The second-order valence-corrected chi connectivity index (χ2v) is 3.63. The SMILES string of the molecule is CSC(C#N)=C1CCCCC1. The van der Waals surface area contributed by atoms with Gasteiger partial charge >= 0.3 is 0 Å². The van der Waals surface area contributed by atoms with E-state index in [4.69, 9.17) is 5.26 Å². The molecule has 1 saturated carbocycles. The molecule has 1 aliphatic carbocycles. The predicted molar refractivity (Wildman–Crippen MR) is 49.2 cm³/mol. The van der Waals surface area contributed by atoms with Crippen LogP contribution in [0.4, 0.5) is 0 Å². The Morgan fingerprint density at radius 2 is 2.00 bits per heavy atom. The lowest BCUT2D eigenvalue weighted by molar-refractivity contribution is 0.598. The Hall–Kier alpha value is -0.420. The molecule has 1 nitrogen and oxygen atoms in total. The third-order valence-corrected chi connectivity index (χ3v) is 2.87. The van der Waals surface area contributed by atoms with E-state index in [-0.39, 0.29) is 0 Å². The van der Waals surface area contributed by atoms with Crippen molar-refractivity contribution in [1.82, 2.24) is 0 Å². The van der Waals surface area contributed by atoms with Crippen molar-refractivity contribution >= 4 is 11.8 Å². The van der Waals surface area contributed by atoms with Crippen LogP contribution in [0.2, 0.25) is 0 Å². The first kappa shape index (κ1) is 8.67. The third kappa shape index (κ3) is 2.27. The number of nitrogens with zero attached hydrogens (tertiary/aromatic N) is 1. The van der Waals surface area contributed by atoms with E-state index in [1.54, 1.807) is 11.8 Å². The van der Waals surface area contributed by atoms with Crippen molar-refractivity contribution in [2.75, 3.05) is 6.26 Å². The fraction of sp³-hybridized carbons (Fsp3) is 0.667. The number of hydrogen-bond acceptors (Lipinski definition) is 2. The van der Waals surface area contributed by atoms with Gasteiger partial charge in [0.2, 0.25) is 0 Å². The van der Waals surface area contributed by atoms with E-state index in [1.807, 2.05) is 6.26 Å². The van der Waals surface area contributed by atoms with Gasteiger partial charge in [0.1, 0.15) is 6.07 Å². The van der Waals surface area contributed by atoms with Crippen LogP contribution in [0.25, 0.3) is 0 Å². The minimum Gasteiger partial charge on any atom is -0.192 e. The highest BCUT2D eigenvalue weighted by Gasteiger charge is 2.09. The minimum atomic E-state index is 0.963. The maximum Gasteiger partial charge on any atom is 0.106 e. The van der Waals surface area contributed by atoms with Crippen LogP contribution in [0, 0.1) is 11.3 Å². The lowest BCUT2D eigenvalue weighted by Gasteiger charge is -2.14. The van der Waals surface area contributed by atoms with Gasteiger partial charge in [-0.05, 0) is 37.5 Å². The fourth-order valence-electron chi connectivity index (χ4n) is 1.47. The molecule has 0 aromatic heterocycles. The van der Waals surface area contributed by atoms with E-state index in [1.165, 1.54) is 24.8 Å². The Balaban J connectivity index is 2.67. The first-order valence-electron chi connectivity index (χ1n) is 4.04. The highest BCUT2D eigenvalue weighted by atomic mass is 32.2. The molecule has 0 atom stereocenters. The molecular formula is C9H13NS. The number of allylic oxidation sites excluding steroid dienone is 2. The van der Waals surface area contributed by atoms with Crippen molar-refractivity contribution in [1.29, 1.82) is 5.26 Å². The standard InChI is InChI=1S/C9H13NS/c1-11-9(7-10)8-5-3-2-4-6-8/h2-6H2,1H3. The van der Waals surface area contributed by atoms with Crippen LogP contribution < -0.4 is 0 Å². The van der Waals surface area contributed by atoms with E-state index >= 15 is 0 Å². The normalized spacial score (nSPS) is 17.6. The molecule has 0 radical (unpaired) electrons. The van der Waals surface area contributed by atoms with Crippen LogP contribution in [-0.4, -0.2) is 6.26 Å². The topological polar surface area (TPSA) is 23.8 Å². The molecule has 1 rings (SSSR count). The van der Waals surface area contributed by atoms with Gasteiger partial charge in [0, 0.05) is 0 Å². The Morgan fingerprint density at radius 1 is 1.36 bits per heavy atom. The summed E-state index contributed by atoms with van der Waals surface area (Å²) >= 11 is 1.59. The van der Waals surface area contributed by atoms with Gasteiger partial charge in [0.25, 0.3) is 0 Å². The summed E-state index contributed by atoms with van der Waals surface area (Å²) in [6.07, 6.45) is 8.20. The summed E-state index contributed by atoms with van der Waals surface area (Å²) in [4.78, 5) is 0.963. The average molecular weight is 167 g/mol. The summed E-state index contributed by atoms with van der Waals surface area (Å²) in [5, 5.41) is 8.75. The molecule has 2 heteroatoms. The van der Waals surface area contributed by atoms with E-state index in [0.29, 0.717) is 0 Å². The lowest BCUT2D eigenvalue weighted by atomic mass is 9.95. The van der Waals surface area contributed by atoms with Gasteiger partial charge < -0.3 is 0 Å². The van der Waals surface area contributed by atoms with E-state index in [0.717, 1.165) is 17.7 Å². The smallest absolute Gasteiger partial charge is 0.106 e. The van der Waals surface area contributed by atoms with Crippen molar-refractivity contribution < 1.29 is 0 Å². The van der Waals surface area contributed by atoms with Crippen molar-refractivity contribution in [3.05, 3.63) is 10.5 Å². The van der Waals surface area contributed by atoms with E-state index in [2.05, 4.69) is 6.07 Å². The molecule has 0 aromatic carbocycles. The van der Waals surface area contributed by atoms with E-state index in [9.17, 15) is 0 Å². The Morgan fingerprint density at radius 3 is 2.45 bits per heavy atom. The molecule has 11 heavy (non-hydrogen) atoms. The molecule has 0 heterocycles. The molecule has 0 amide bonds. The van der Waals surface area contributed by atoms with Crippen LogP contribution in [0.15, 0.2) is 10.5 Å². The predicted octanol–water partition coefficient (Wildman–Crippen LogP) is 3.09. The van der Waals surface area contributed by atoms with Gasteiger partial charge in [0.05, 0.1) is 4.91 Å². The zero-order chi connectivity index (χ0) is 8.10. The summed E-state index contributed by atoms with van der Waals surface area (Å²) in [7, 11) is 0. The van der Waals surface area contributed by atoms with Gasteiger partial charge in [-0.2, -0.15) is 5.26 Å². The highest BCUT2D eigenvalue weighted by molar-refractivity contribution is 8.02. The van der Waals surface area contributed by atoms with Crippen LogP contribution in [-0.2, 0) is 0 Å². The summed E-state index contributed by atoms with van der Waals surface area (Å²) in [5.41, 5.74) is 1.39. The fourth-order valence-corrected chi connectivity index (χ4v) is 2.06. The molecule has 0 aromatic rings. The maximum atomic E-state index is 8.75. The van der Waals surface area contributed by atoms with Crippen LogP contribution >= 0.6 is 11.8 Å². The number of hydrogen-bond donors (Lipinski definition) is 0. The zero-order valence-corrected chi connectivity index (χ0v) is 7.71. The first-order valence-corrected chi connectivity index (χ1v) is 5.27. The minimum absolute atomic E-state index is 0.963. The molecule has 1 fully saturated rings. The Labute approximate surface area is 72.5 Å². The molecule has 0 unspecified atom stereocenters. The summed E-state index contributed by atoms with van der Waals surface area (Å²) in [6, 6.07) is 2.26. The third-order valence-electron chi connectivity index (χ3n) is 2.08. The summed E-state index contributed by atoms with van der Waals surface area (Å²) in [5.74, 6) is 0. The van der Waals surface area contributed by atoms with E-state index < -0.39 is 0 Å². The van der Waals surface area contributed by atoms with Crippen molar-refractivity contribution in [3.8, 4) is 6.07 Å². The average Bonchev–Trinajstić information content (AvgIpc) is 2.09. The molecule has 0 saturated heterocycles. The van der Waals surface area contributed by atoms with Crippen molar-refractivity contribution in [2.24, 2.45) is 0 Å². The maximum absolute atomic E-state index is 8.75. The zero-order valence-electron chi connectivity index (χ0n) is 6.89. The van der Waals surface area contributed by atoms with Crippen molar-refractivity contribution in [2.45, 2.75) is 32.1 Å². The molecular weight excluding hydrogens is 154 g/mol. The van der Waals surface area contributed by atoms with Crippen molar-refractivity contribution in [3.63, 3.8) is 0 Å². The van der Waals surface area contributed by atoms with Crippen LogP contribution in [0.3, 0.4) is 0 Å². The van der Waals surface area contributed by atoms with Gasteiger partial charge in [-0.15, -0.1) is 11.8 Å². The molecule has 0 N–H and O–H groups in total. The summed E-state index contributed by atoms with van der Waals surface area (Å²) < 4.78 is 0. The first-order chi connectivity index (χ1) is 5.38. The van der Waals surface area contributed by atoms with Gasteiger partial charge in [-0.3, -0.25) is 0 Å². The quantitative estimate of drug-likeness (QED) is 0.560. The Kier molecular flexibility index (Phi) is 3.51. The Bertz CT molecular complexity index is 192. The molecule has 0 bridgehead atoms. The van der Waals surface area contributed by atoms with Gasteiger partial charge in [-0.25, -0.2) is 0 Å².